The molecule has 1 amide bonds. The number of carbonyl (C=O) groups is 1. The molecule has 0 saturated carbocycles. The molecule has 0 atom stereocenters. The highest BCUT2D eigenvalue weighted by atomic mass is 32.1. The van der Waals surface area contributed by atoms with Crippen LogP contribution in [0.15, 0.2) is 35.7 Å². The van der Waals surface area contributed by atoms with E-state index in [1.165, 1.54) is 35.6 Å². The first-order chi connectivity index (χ1) is 10.1. The molecule has 0 aliphatic heterocycles. The van der Waals surface area contributed by atoms with Gasteiger partial charge in [-0.1, -0.05) is 11.8 Å². The highest BCUT2D eigenvalue weighted by molar-refractivity contribution is 7.12. The van der Waals surface area contributed by atoms with Crippen LogP contribution in [-0.2, 0) is 0 Å². The third kappa shape index (κ3) is 3.66. The lowest BCUT2D eigenvalue weighted by Crippen LogP contribution is -2.11. The average molecular weight is 301 g/mol. The molecular weight excluding hydrogens is 290 g/mol. The van der Waals surface area contributed by atoms with Gasteiger partial charge in [-0.15, -0.1) is 11.3 Å². The van der Waals surface area contributed by atoms with Crippen LogP contribution in [0.1, 0.15) is 15.2 Å². The van der Waals surface area contributed by atoms with Gasteiger partial charge >= 0.3 is 0 Å². The Morgan fingerprint density at radius 3 is 2.67 bits per heavy atom. The van der Waals surface area contributed by atoms with Gasteiger partial charge in [-0.25, -0.2) is 0 Å². The van der Waals surface area contributed by atoms with Crippen molar-refractivity contribution >= 4 is 28.6 Å². The van der Waals surface area contributed by atoms with Crippen molar-refractivity contribution in [2.75, 3.05) is 11.9 Å². The zero-order chi connectivity index (χ0) is 15.2. The van der Waals surface area contributed by atoms with Crippen molar-refractivity contribution in [1.82, 2.24) is 0 Å². The molecule has 2 aromatic rings. The smallest absolute Gasteiger partial charge is 0.269 e. The number of benzene rings is 1. The van der Waals surface area contributed by atoms with E-state index in [2.05, 4.69) is 17.2 Å². The Balaban J connectivity index is 2.14. The van der Waals surface area contributed by atoms with Gasteiger partial charge < -0.3 is 11.1 Å². The molecule has 0 fully saturated rings. The van der Waals surface area contributed by atoms with Crippen molar-refractivity contribution in [1.29, 1.82) is 0 Å². The zero-order valence-corrected chi connectivity index (χ0v) is 11.6. The molecular formula is C14H11N3O3S. The average Bonchev–Trinajstić information content (AvgIpc) is 2.94. The maximum absolute atomic E-state index is 12.1. The van der Waals surface area contributed by atoms with Gasteiger partial charge in [0.2, 0.25) is 0 Å². The number of nitrogens with two attached hydrogens (primary N) is 1. The molecule has 0 aliphatic rings. The Bertz CT molecular complexity index is 726. The molecule has 21 heavy (non-hydrogen) atoms. The van der Waals surface area contributed by atoms with Crippen molar-refractivity contribution in [3.63, 3.8) is 0 Å². The van der Waals surface area contributed by atoms with Gasteiger partial charge in [-0.2, -0.15) is 0 Å². The quantitative estimate of drug-likeness (QED) is 0.516. The monoisotopic (exact) mass is 301 g/mol. The molecule has 6 nitrogen and oxygen atoms in total. The number of nitrogens with one attached hydrogen (secondary N) is 1. The third-order valence-electron chi connectivity index (χ3n) is 2.53. The zero-order valence-electron chi connectivity index (χ0n) is 10.8. The van der Waals surface area contributed by atoms with Gasteiger partial charge in [0.1, 0.15) is 4.88 Å². The van der Waals surface area contributed by atoms with Crippen LogP contribution in [0.4, 0.5) is 11.4 Å². The predicted molar refractivity (Wildman–Crippen MR) is 81.3 cm³/mol. The molecule has 0 unspecified atom stereocenters. The fourth-order valence-electron chi connectivity index (χ4n) is 1.58. The Kier molecular flexibility index (Phi) is 4.66. The number of nitro groups is 1. The van der Waals surface area contributed by atoms with Crippen molar-refractivity contribution in [2.45, 2.75) is 0 Å². The maximum Gasteiger partial charge on any atom is 0.269 e. The number of hydrogen-bond acceptors (Lipinski definition) is 5. The van der Waals surface area contributed by atoms with E-state index >= 15 is 0 Å². The molecule has 2 rings (SSSR count). The molecule has 1 aromatic heterocycles. The van der Waals surface area contributed by atoms with E-state index in [-0.39, 0.29) is 18.1 Å². The van der Waals surface area contributed by atoms with E-state index in [9.17, 15) is 14.9 Å². The number of nitro benzene ring substituents is 1. The standard InChI is InChI=1S/C14H11N3O3S/c15-8-1-2-10-7-9-21-13(10)14(18)16-11-3-5-12(6-4-11)17(19)20/h3-7,9H,8,15H2,(H,16,18). The molecule has 0 saturated heterocycles. The van der Waals surface area contributed by atoms with Crippen LogP contribution in [0, 0.1) is 22.0 Å². The van der Waals surface area contributed by atoms with E-state index in [1.54, 1.807) is 11.4 Å². The van der Waals surface area contributed by atoms with Crippen LogP contribution < -0.4 is 11.1 Å². The van der Waals surface area contributed by atoms with Gasteiger partial charge in [-0.3, -0.25) is 14.9 Å². The van der Waals surface area contributed by atoms with E-state index in [4.69, 9.17) is 5.73 Å². The summed E-state index contributed by atoms with van der Waals surface area (Å²) in [4.78, 5) is 22.7. The minimum Gasteiger partial charge on any atom is -0.321 e. The summed E-state index contributed by atoms with van der Waals surface area (Å²) in [6, 6.07) is 7.38. The number of anilines is 1. The fourth-order valence-corrected chi connectivity index (χ4v) is 2.33. The fraction of sp³-hybridized carbons (Fsp3) is 0.0714. The summed E-state index contributed by atoms with van der Waals surface area (Å²) in [7, 11) is 0. The minimum absolute atomic E-state index is 0.0291. The SMILES string of the molecule is NCC#Cc1ccsc1C(=O)Nc1ccc([N+](=O)[O-])cc1. The lowest BCUT2D eigenvalue weighted by Gasteiger charge is -2.03. The van der Waals surface area contributed by atoms with E-state index < -0.39 is 4.92 Å². The van der Waals surface area contributed by atoms with Crippen LogP contribution in [0.25, 0.3) is 0 Å². The highest BCUT2D eigenvalue weighted by Gasteiger charge is 2.13. The topological polar surface area (TPSA) is 98.3 Å². The molecule has 7 heteroatoms. The summed E-state index contributed by atoms with van der Waals surface area (Å²) < 4.78 is 0. The number of carbonyl (C=O) groups excluding carboxylic acids is 1. The number of non-ortho nitro benzene ring substituents is 1. The number of rotatable bonds is 3. The Labute approximate surface area is 124 Å². The summed E-state index contributed by atoms with van der Waals surface area (Å²) in [5.74, 6) is 5.22. The van der Waals surface area contributed by atoms with Crippen molar-refractivity contribution in [2.24, 2.45) is 5.73 Å². The van der Waals surface area contributed by atoms with E-state index in [0.29, 0.717) is 16.1 Å². The summed E-state index contributed by atoms with van der Waals surface area (Å²) in [6.45, 7) is 0.221. The lowest BCUT2D eigenvalue weighted by molar-refractivity contribution is -0.384. The van der Waals surface area contributed by atoms with E-state index in [1.807, 2.05) is 0 Å². The van der Waals surface area contributed by atoms with Crippen LogP contribution in [0.3, 0.4) is 0 Å². The van der Waals surface area contributed by atoms with Gasteiger partial charge in [0.25, 0.3) is 11.6 Å². The van der Waals surface area contributed by atoms with Crippen molar-refractivity contribution < 1.29 is 9.72 Å². The normalized spacial score (nSPS) is 9.57. The molecule has 0 spiro atoms. The second-order valence-electron chi connectivity index (χ2n) is 3.93. The first kappa shape index (κ1) is 14.7. The largest absolute Gasteiger partial charge is 0.321 e. The molecule has 0 aliphatic carbocycles. The predicted octanol–water partition coefficient (Wildman–Crippen LogP) is 2.22. The van der Waals surface area contributed by atoms with Crippen LogP contribution in [-0.4, -0.2) is 17.4 Å². The first-order valence-electron chi connectivity index (χ1n) is 5.94. The second kappa shape index (κ2) is 6.65. The van der Waals surface area contributed by atoms with Crippen molar-refractivity contribution in [3.05, 3.63) is 56.3 Å². The summed E-state index contributed by atoms with van der Waals surface area (Å²) >= 11 is 1.27. The Hall–Kier alpha value is -2.69. The Morgan fingerprint density at radius 1 is 1.33 bits per heavy atom. The van der Waals surface area contributed by atoms with Gasteiger partial charge in [0.05, 0.1) is 11.5 Å². The summed E-state index contributed by atoms with van der Waals surface area (Å²) in [5, 5.41) is 15.0. The summed E-state index contributed by atoms with van der Waals surface area (Å²) in [6.07, 6.45) is 0. The lowest BCUT2D eigenvalue weighted by atomic mass is 10.2. The first-order valence-corrected chi connectivity index (χ1v) is 6.82. The Morgan fingerprint density at radius 2 is 2.05 bits per heavy atom. The van der Waals surface area contributed by atoms with Crippen LogP contribution in [0.2, 0.25) is 0 Å². The second-order valence-corrected chi connectivity index (χ2v) is 4.84. The van der Waals surface area contributed by atoms with Crippen molar-refractivity contribution in [3.8, 4) is 11.8 Å². The third-order valence-corrected chi connectivity index (χ3v) is 3.45. The van der Waals surface area contributed by atoms with Gasteiger partial charge in [0, 0.05) is 23.4 Å². The molecule has 0 radical (unpaired) electrons. The number of hydrogen-bond donors (Lipinski definition) is 2. The van der Waals surface area contributed by atoms with Crippen LogP contribution in [0.5, 0.6) is 0 Å². The highest BCUT2D eigenvalue weighted by Crippen LogP contribution is 2.20. The summed E-state index contributed by atoms with van der Waals surface area (Å²) in [5.41, 5.74) is 6.38. The molecule has 1 heterocycles. The van der Waals surface area contributed by atoms with Gasteiger partial charge in [-0.05, 0) is 23.6 Å². The number of thiophene rings is 1. The van der Waals surface area contributed by atoms with E-state index in [0.717, 1.165) is 0 Å². The maximum atomic E-state index is 12.1. The molecule has 106 valence electrons. The van der Waals surface area contributed by atoms with Crippen LogP contribution >= 0.6 is 11.3 Å². The number of amides is 1. The molecule has 3 N–H and O–H groups in total. The minimum atomic E-state index is -0.495. The van der Waals surface area contributed by atoms with Gasteiger partial charge in [0.15, 0.2) is 0 Å². The molecule has 1 aromatic carbocycles. The number of nitrogens with zero attached hydrogens (tertiary/aromatic N) is 1. The molecule has 0 bridgehead atoms.